The van der Waals surface area contributed by atoms with Crippen molar-refractivity contribution in [3.8, 4) is 0 Å². The summed E-state index contributed by atoms with van der Waals surface area (Å²) in [6.07, 6.45) is 0. The second-order valence-corrected chi connectivity index (χ2v) is 6.32. The summed E-state index contributed by atoms with van der Waals surface area (Å²) >= 11 is 3.47. The van der Waals surface area contributed by atoms with Gasteiger partial charge in [-0.1, -0.05) is 36.9 Å². The molecule has 1 aromatic heterocycles. The number of nitrogens with zero attached hydrogens (tertiary/aromatic N) is 1. The van der Waals surface area contributed by atoms with Crippen LogP contribution in [0, 0.1) is 6.92 Å². The van der Waals surface area contributed by atoms with E-state index in [1.165, 1.54) is 10.5 Å². The standard InChI is InChI=1S/C14H18N2S2/c1-4-15-11(3)12-7-5-6-8-13(12)18-14-16-10(2)9-17-14/h5-9,11,15H,4H2,1-3H3. The molecule has 1 aromatic carbocycles. The fourth-order valence-electron chi connectivity index (χ4n) is 1.82. The minimum Gasteiger partial charge on any atom is -0.310 e. The third kappa shape index (κ3) is 3.34. The van der Waals surface area contributed by atoms with E-state index in [-0.39, 0.29) is 0 Å². The van der Waals surface area contributed by atoms with Crippen LogP contribution in [0.3, 0.4) is 0 Å². The van der Waals surface area contributed by atoms with Gasteiger partial charge in [-0.05, 0) is 32.0 Å². The van der Waals surface area contributed by atoms with Crippen LogP contribution >= 0.6 is 23.1 Å². The van der Waals surface area contributed by atoms with Gasteiger partial charge in [-0.15, -0.1) is 11.3 Å². The van der Waals surface area contributed by atoms with E-state index in [1.54, 1.807) is 23.1 Å². The number of hydrogen-bond acceptors (Lipinski definition) is 4. The van der Waals surface area contributed by atoms with Gasteiger partial charge in [-0.25, -0.2) is 4.98 Å². The van der Waals surface area contributed by atoms with Crippen LogP contribution in [0.15, 0.2) is 38.9 Å². The average Bonchev–Trinajstić information content (AvgIpc) is 2.76. The minimum atomic E-state index is 0.375. The Morgan fingerprint density at radius 3 is 2.83 bits per heavy atom. The predicted molar refractivity (Wildman–Crippen MR) is 79.5 cm³/mol. The zero-order chi connectivity index (χ0) is 13.0. The monoisotopic (exact) mass is 278 g/mol. The summed E-state index contributed by atoms with van der Waals surface area (Å²) in [5, 5.41) is 5.56. The molecule has 0 amide bonds. The van der Waals surface area contributed by atoms with Gasteiger partial charge in [-0.2, -0.15) is 0 Å². The van der Waals surface area contributed by atoms with E-state index in [0.717, 1.165) is 16.6 Å². The molecule has 2 rings (SSSR count). The molecule has 0 aliphatic heterocycles. The summed E-state index contributed by atoms with van der Waals surface area (Å²) in [4.78, 5) is 5.81. The topological polar surface area (TPSA) is 24.9 Å². The first-order chi connectivity index (χ1) is 8.70. The smallest absolute Gasteiger partial charge is 0.154 e. The van der Waals surface area contributed by atoms with Crippen molar-refractivity contribution in [2.45, 2.75) is 36.0 Å². The molecule has 2 nitrogen and oxygen atoms in total. The maximum Gasteiger partial charge on any atom is 0.154 e. The summed E-state index contributed by atoms with van der Waals surface area (Å²) < 4.78 is 1.11. The van der Waals surface area contributed by atoms with Crippen molar-refractivity contribution in [1.82, 2.24) is 10.3 Å². The van der Waals surface area contributed by atoms with Gasteiger partial charge in [0.05, 0.1) is 0 Å². The molecule has 96 valence electrons. The Hall–Kier alpha value is -0.840. The number of benzene rings is 1. The van der Waals surface area contributed by atoms with Crippen molar-refractivity contribution < 1.29 is 0 Å². The predicted octanol–water partition coefficient (Wildman–Crippen LogP) is 4.27. The summed E-state index contributed by atoms with van der Waals surface area (Å²) in [5.74, 6) is 0. The molecule has 2 aromatic rings. The Morgan fingerprint density at radius 2 is 2.17 bits per heavy atom. The molecular weight excluding hydrogens is 260 g/mol. The lowest BCUT2D eigenvalue weighted by molar-refractivity contribution is 0.590. The zero-order valence-electron chi connectivity index (χ0n) is 10.9. The van der Waals surface area contributed by atoms with E-state index >= 15 is 0 Å². The molecule has 0 spiro atoms. The zero-order valence-corrected chi connectivity index (χ0v) is 12.6. The van der Waals surface area contributed by atoms with Gasteiger partial charge in [0.1, 0.15) is 0 Å². The third-order valence-electron chi connectivity index (χ3n) is 2.69. The first-order valence-electron chi connectivity index (χ1n) is 6.13. The Kier molecular flexibility index (Phi) is 4.80. The highest BCUT2D eigenvalue weighted by Crippen LogP contribution is 2.34. The summed E-state index contributed by atoms with van der Waals surface area (Å²) in [5.41, 5.74) is 2.44. The molecule has 0 saturated carbocycles. The van der Waals surface area contributed by atoms with Crippen molar-refractivity contribution in [3.63, 3.8) is 0 Å². The maximum atomic E-state index is 4.51. The highest BCUT2D eigenvalue weighted by Gasteiger charge is 2.11. The molecule has 1 atom stereocenters. The SMILES string of the molecule is CCNC(C)c1ccccc1Sc1nc(C)cs1. The summed E-state index contributed by atoms with van der Waals surface area (Å²) in [6, 6.07) is 8.92. The van der Waals surface area contributed by atoms with Gasteiger partial charge < -0.3 is 5.32 Å². The van der Waals surface area contributed by atoms with Crippen LogP contribution in [0.5, 0.6) is 0 Å². The van der Waals surface area contributed by atoms with Crippen LogP contribution in [0.1, 0.15) is 31.1 Å². The van der Waals surface area contributed by atoms with Gasteiger partial charge in [0, 0.05) is 22.0 Å². The minimum absolute atomic E-state index is 0.375. The first-order valence-corrected chi connectivity index (χ1v) is 7.82. The Morgan fingerprint density at radius 1 is 1.39 bits per heavy atom. The molecular formula is C14H18N2S2. The quantitative estimate of drug-likeness (QED) is 0.884. The second kappa shape index (κ2) is 6.36. The molecule has 0 radical (unpaired) electrons. The normalized spacial score (nSPS) is 12.6. The highest BCUT2D eigenvalue weighted by atomic mass is 32.2. The van der Waals surface area contributed by atoms with E-state index in [9.17, 15) is 0 Å². The second-order valence-electron chi connectivity index (χ2n) is 4.17. The summed E-state index contributed by atoms with van der Waals surface area (Å²) in [6.45, 7) is 7.36. The van der Waals surface area contributed by atoms with Crippen molar-refractivity contribution in [2.24, 2.45) is 0 Å². The number of aromatic nitrogens is 1. The Labute approximate surface area is 117 Å². The van der Waals surface area contributed by atoms with E-state index in [2.05, 4.69) is 53.8 Å². The van der Waals surface area contributed by atoms with Gasteiger partial charge >= 0.3 is 0 Å². The molecule has 18 heavy (non-hydrogen) atoms. The van der Waals surface area contributed by atoms with Crippen molar-refractivity contribution >= 4 is 23.1 Å². The molecule has 0 aliphatic carbocycles. The third-order valence-corrected chi connectivity index (χ3v) is 4.84. The lowest BCUT2D eigenvalue weighted by Crippen LogP contribution is -2.18. The number of aryl methyl sites for hydroxylation is 1. The Bertz CT molecular complexity index is 508. The molecule has 0 aliphatic rings. The first kappa shape index (κ1) is 13.6. The highest BCUT2D eigenvalue weighted by molar-refractivity contribution is 8.01. The molecule has 0 fully saturated rings. The van der Waals surface area contributed by atoms with E-state index in [4.69, 9.17) is 0 Å². The van der Waals surface area contributed by atoms with E-state index in [1.807, 2.05) is 6.92 Å². The molecule has 0 saturated heterocycles. The molecule has 4 heteroatoms. The maximum absolute atomic E-state index is 4.51. The largest absolute Gasteiger partial charge is 0.310 e. The van der Waals surface area contributed by atoms with Crippen molar-refractivity contribution in [3.05, 3.63) is 40.9 Å². The van der Waals surface area contributed by atoms with Crippen LogP contribution in [0.25, 0.3) is 0 Å². The molecule has 1 heterocycles. The van der Waals surface area contributed by atoms with Crippen LogP contribution in [-0.4, -0.2) is 11.5 Å². The van der Waals surface area contributed by atoms with E-state index < -0.39 is 0 Å². The van der Waals surface area contributed by atoms with Gasteiger partial charge in [0.2, 0.25) is 0 Å². The lowest BCUT2D eigenvalue weighted by atomic mass is 10.1. The van der Waals surface area contributed by atoms with Crippen LogP contribution in [0.2, 0.25) is 0 Å². The van der Waals surface area contributed by atoms with Crippen LogP contribution in [0.4, 0.5) is 0 Å². The molecule has 0 bridgehead atoms. The van der Waals surface area contributed by atoms with Crippen molar-refractivity contribution in [2.75, 3.05) is 6.54 Å². The van der Waals surface area contributed by atoms with Crippen LogP contribution < -0.4 is 5.32 Å². The lowest BCUT2D eigenvalue weighted by Gasteiger charge is -2.16. The van der Waals surface area contributed by atoms with Gasteiger partial charge in [-0.3, -0.25) is 0 Å². The molecule has 1 unspecified atom stereocenters. The Balaban J connectivity index is 2.22. The number of thiazole rings is 1. The van der Waals surface area contributed by atoms with Crippen molar-refractivity contribution in [1.29, 1.82) is 0 Å². The fourth-order valence-corrected chi connectivity index (χ4v) is 3.83. The molecule has 1 N–H and O–H groups in total. The summed E-state index contributed by atoms with van der Waals surface area (Å²) in [7, 11) is 0. The number of hydrogen-bond donors (Lipinski definition) is 1. The van der Waals surface area contributed by atoms with E-state index in [0.29, 0.717) is 6.04 Å². The van der Waals surface area contributed by atoms with Gasteiger partial charge in [0.15, 0.2) is 4.34 Å². The number of rotatable bonds is 5. The average molecular weight is 278 g/mol. The number of nitrogens with one attached hydrogen (secondary N) is 1. The van der Waals surface area contributed by atoms with Gasteiger partial charge in [0.25, 0.3) is 0 Å². The fraction of sp³-hybridized carbons (Fsp3) is 0.357. The van der Waals surface area contributed by atoms with Crippen LogP contribution in [-0.2, 0) is 0 Å².